The van der Waals surface area contributed by atoms with Gasteiger partial charge in [0.2, 0.25) is 5.88 Å². The molecular weight excluding hydrogens is 486 g/mol. The van der Waals surface area contributed by atoms with Crippen LogP contribution in [0.3, 0.4) is 0 Å². The first-order chi connectivity index (χ1) is 16.9. The second-order valence-corrected chi connectivity index (χ2v) is 8.66. The van der Waals surface area contributed by atoms with Gasteiger partial charge in [-0.15, -0.1) is 0 Å². The molecule has 3 aromatic rings. The Kier molecular flexibility index (Phi) is 6.75. The number of nitrogens with two attached hydrogens (primary N) is 1. The predicted octanol–water partition coefficient (Wildman–Crippen LogP) is 1.92. The number of hydrogen-bond donors (Lipinski definition) is 3. The lowest BCUT2D eigenvalue weighted by Crippen LogP contribution is -2.43. The Morgan fingerprint density at radius 3 is 2.64 bits per heavy atom. The Morgan fingerprint density at radius 1 is 1.28 bits per heavy atom. The van der Waals surface area contributed by atoms with E-state index in [9.17, 15) is 27.5 Å². The number of halogens is 4. The van der Waals surface area contributed by atoms with E-state index in [1.165, 1.54) is 19.4 Å². The third-order valence-corrected chi connectivity index (χ3v) is 6.34. The molecule has 0 aromatic carbocycles. The van der Waals surface area contributed by atoms with Crippen molar-refractivity contribution in [3.8, 4) is 17.1 Å². The molecule has 4 heterocycles. The van der Waals surface area contributed by atoms with Crippen molar-refractivity contribution in [2.24, 2.45) is 0 Å². The van der Waals surface area contributed by atoms with Crippen LogP contribution >= 0.6 is 0 Å². The average molecular weight is 511 g/mol. The van der Waals surface area contributed by atoms with E-state index in [0.29, 0.717) is 0 Å². The molecule has 14 heteroatoms. The molecule has 1 amide bonds. The highest BCUT2D eigenvalue weighted by atomic mass is 19.4. The summed E-state index contributed by atoms with van der Waals surface area (Å²) in [6.07, 6.45) is -4.58. The maximum Gasteiger partial charge on any atom is 0.418 e. The molecule has 0 spiro atoms. The number of likely N-dealkylation sites (tertiary alicyclic amines) is 1. The van der Waals surface area contributed by atoms with Gasteiger partial charge in [0.25, 0.3) is 5.91 Å². The summed E-state index contributed by atoms with van der Waals surface area (Å²) in [5, 5.41) is 16.3. The first-order valence-electron chi connectivity index (χ1n) is 11.0. The number of aliphatic hydroxyl groups excluding tert-OH is 1. The molecule has 2 unspecified atom stereocenters. The molecule has 0 saturated carbocycles. The van der Waals surface area contributed by atoms with Crippen LogP contribution in [0.25, 0.3) is 16.8 Å². The Morgan fingerprint density at radius 2 is 2.00 bits per heavy atom. The van der Waals surface area contributed by atoms with E-state index in [4.69, 9.17) is 10.5 Å². The summed E-state index contributed by atoms with van der Waals surface area (Å²) in [7, 11) is 1.28. The number of carbonyl (C=O) groups is 1. The van der Waals surface area contributed by atoms with Crippen LogP contribution in [-0.2, 0) is 6.18 Å². The minimum absolute atomic E-state index is 0.0307. The maximum absolute atomic E-state index is 14.7. The number of amides is 1. The number of anilines is 1. The van der Waals surface area contributed by atoms with Crippen LogP contribution in [-0.4, -0.2) is 80.1 Å². The molecule has 4 atom stereocenters. The van der Waals surface area contributed by atoms with Crippen molar-refractivity contribution in [2.75, 3.05) is 25.9 Å². The maximum atomic E-state index is 14.7. The topological polar surface area (TPSA) is 131 Å². The van der Waals surface area contributed by atoms with Gasteiger partial charge in [0, 0.05) is 30.9 Å². The van der Waals surface area contributed by atoms with Gasteiger partial charge in [-0.1, -0.05) is 0 Å². The van der Waals surface area contributed by atoms with E-state index in [-0.39, 0.29) is 47.7 Å². The fourth-order valence-corrected chi connectivity index (χ4v) is 4.22. The lowest BCUT2D eigenvalue weighted by molar-refractivity contribution is -0.136. The van der Waals surface area contributed by atoms with Gasteiger partial charge in [0.1, 0.15) is 23.6 Å². The van der Waals surface area contributed by atoms with Crippen molar-refractivity contribution in [3.05, 3.63) is 35.8 Å². The molecule has 4 N–H and O–H groups in total. The number of ether oxygens (including phenoxy) is 1. The Balaban J connectivity index is 1.69. The van der Waals surface area contributed by atoms with Crippen LogP contribution in [0, 0.1) is 0 Å². The largest absolute Gasteiger partial charge is 0.480 e. The van der Waals surface area contributed by atoms with Crippen LogP contribution in [0.1, 0.15) is 29.8 Å². The van der Waals surface area contributed by atoms with Crippen molar-refractivity contribution >= 4 is 17.2 Å². The highest BCUT2D eigenvalue weighted by Gasteiger charge is 2.38. The number of aliphatic hydroxyl groups is 1. The number of methoxy groups -OCH3 is 1. The number of nitrogen functional groups attached to an aromatic ring is 1. The number of aromatic nitrogens is 4. The highest BCUT2D eigenvalue weighted by molar-refractivity contribution is 5.98. The minimum atomic E-state index is -4.74. The summed E-state index contributed by atoms with van der Waals surface area (Å²) in [6.45, 7) is 3.55. The fraction of sp³-hybridized carbons (Fsp3) is 0.455. The van der Waals surface area contributed by atoms with Gasteiger partial charge >= 0.3 is 6.18 Å². The molecule has 194 valence electrons. The van der Waals surface area contributed by atoms with Gasteiger partial charge in [0.05, 0.1) is 30.5 Å². The first kappa shape index (κ1) is 25.6. The normalized spacial score (nSPS) is 20.4. The number of nitrogens with one attached hydrogen (secondary N) is 1. The fourth-order valence-electron chi connectivity index (χ4n) is 4.22. The quantitative estimate of drug-likeness (QED) is 0.428. The van der Waals surface area contributed by atoms with Gasteiger partial charge in [-0.25, -0.2) is 18.9 Å². The molecule has 3 aromatic heterocycles. The zero-order valence-electron chi connectivity index (χ0n) is 19.6. The van der Waals surface area contributed by atoms with E-state index in [1.54, 1.807) is 18.7 Å². The Bertz CT molecular complexity index is 1280. The molecule has 0 radical (unpaired) electrons. The number of carbonyl (C=O) groups excluding carboxylic acids is 1. The summed E-state index contributed by atoms with van der Waals surface area (Å²) in [5.41, 5.74) is 4.21. The van der Waals surface area contributed by atoms with Crippen molar-refractivity contribution in [1.29, 1.82) is 0 Å². The lowest BCUT2D eigenvalue weighted by atomic mass is 10.1. The Hall–Kier alpha value is -3.52. The number of alkyl halides is 4. The van der Waals surface area contributed by atoms with Gasteiger partial charge in [-0.3, -0.25) is 9.69 Å². The molecule has 1 fully saturated rings. The van der Waals surface area contributed by atoms with Crippen molar-refractivity contribution < 1.29 is 32.2 Å². The number of fused-ring (bicyclic) bond motifs is 1. The van der Waals surface area contributed by atoms with Crippen LogP contribution in [0.4, 0.5) is 23.4 Å². The molecule has 1 aliphatic heterocycles. The van der Waals surface area contributed by atoms with Crippen molar-refractivity contribution in [2.45, 2.75) is 44.4 Å². The zero-order chi connectivity index (χ0) is 26.4. The minimum Gasteiger partial charge on any atom is -0.480 e. The number of rotatable bonds is 6. The van der Waals surface area contributed by atoms with Crippen LogP contribution in [0.5, 0.6) is 5.88 Å². The van der Waals surface area contributed by atoms with Gasteiger partial charge in [-0.05, 0) is 26.0 Å². The van der Waals surface area contributed by atoms with Crippen LogP contribution in [0.2, 0.25) is 0 Å². The van der Waals surface area contributed by atoms with E-state index < -0.39 is 41.5 Å². The number of hydrogen-bond acceptors (Lipinski definition) is 8. The summed E-state index contributed by atoms with van der Waals surface area (Å²) in [5.74, 6) is -1.18. The molecule has 10 nitrogen and oxygen atoms in total. The van der Waals surface area contributed by atoms with Crippen molar-refractivity contribution in [3.63, 3.8) is 0 Å². The summed E-state index contributed by atoms with van der Waals surface area (Å²) < 4.78 is 61.8. The van der Waals surface area contributed by atoms with Gasteiger partial charge < -0.3 is 20.9 Å². The molecule has 36 heavy (non-hydrogen) atoms. The predicted molar refractivity (Wildman–Crippen MR) is 121 cm³/mol. The van der Waals surface area contributed by atoms with Crippen LogP contribution in [0.15, 0.2) is 24.7 Å². The number of nitrogens with zero attached hydrogens (tertiary/aromatic N) is 5. The van der Waals surface area contributed by atoms with E-state index in [2.05, 4.69) is 20.4 Å². The van der Waals surface area contributed by atoms with E-state index in [1.807, 2.05) is 0 Å². The van der Waals surface area contributed by atoms with Gasteiger partial charge in [-0.2, -0.15) is 18.3 Å². The second-order valence-electron chi connectivity index (χ2n) is 8.66. The lowest BCUT2D eigenvalue weighted by Gasteiger charge is -2.26. The highest BCUT2D eigenvalue weighted by Crippen LogP contribution is 2.39. The zero-order valence-corrected chi connectivity index (χ0v) is 19.6. The Labute approximate surface area is 203 Å². The summed E-state index contributed by atoms with van der Waals surface area (Å²) >= 11 is 0. The summed E-state index contributed by atoms with van der Waals surface area (Å²) in [6, 6.07) is 0.949. The van der Waals surface area contributed by atoms with Gasteiger partial charge in [0.15, 0.2) is 5.82 Å². The third kappa shape index (κ3) is 4.65. The second kappa shape index (κ2) is 9.50. The first-order valence-corrected chi connectivity index (χ1v) is 11.0. The average Bonchev–Trinajstić information content (AvgIpc) is 3.39. The molecule has 0 aliphatic carbocycles. The third-order valence-electron chi connectivity index (χ3n) is 6.34. The van der Waals surface area contributed by atoms with E-state index >= 15 is 0 Å². The van der Waals surface area contributed by atoms with Crippen LogP contribution < -0.4 is 15.8 Å². The molecular formula is C22H25F4N7O3. The number of pyridine rings is 1. The SMILES string of the molecule is COc1ncc(-c2cc(C(F)(F)F)c3c(N)ncnn23)cc1C(=O)N[C@@H]1CN(C(C)C(C)O)C[C@@H]1F. The monoisotopic (exact) mass is 511 g/mol. The van der Waals surface area contributed by atoms with E-state index in [0.717, 1.165) is 16.9 Å². The van der Waals surface area contributed by atoms with Crippen molar-refractivity contribution in [1.82, 2.24) is 29.8 Å². The molecule has 1 saturated heterocycles. The summed E-state index contributed by atoms with van der Waals surface area (Å²) in [4.78, 5) is 22.5. The standard InChI is InChI=1S/C22H25F4N7O3/c1-10(11(2)34)32-7-15(23)16(8-32)31-20(35)13-4-12(6-28-21(13)36-3)17-5-14(22(24,25)26)18-19(27)29-9-30-33(17)18/h4-6,9-11,15-16,34H,7-8H2,1-3H3,(H,31,35)(H2,27,29,30)/t10?,11?,15-,16+/m0/s1. The molecule has 4 rings (SSSR count). The smallest absolute Gasteiger partial charge is 0.418 e. The molecule has 0 bridgehead atoms. The molecule has 1 aliphatic rings.